The van der Waals surface area contributed by atoms with Gasteiger partial charge < -0.3 is 18.9 Å². The Hall–Kier alpha value is -3.28. The summed E-state index contributed by atoms with van der Waals surface area (Å²) in [5, 5.41) is 0. The van der Waals surface area contributed by atoms with E-state index >= 15 is 0 Å². The molecule has 0 bridgehead atoms. The van der Waals surface area contributed by atoms with E-state index in [1.54, 1.807) is 52.2 Å². The van der Waals surface area contributed by atoms with Crippen LogP contribution >= 0.6 is 0 Å². The lowest BCUT2D eigenvalue weighted by Gasteiger charge is -2.19. The molecule has 0 aromatic heterocycles. The molecule has 1 aliphatic rings. The Morgan fingerprint density at radius 2 is 1.75 bits per heavy atom. The number of benzene rings is 2. The van der Waals surface area contributed by atoms with Crippen molar-refractivity contribution in [3.05, 3.63) is 59.4 Å². The normalized spacial score (nSPS) is 14.4. The van der Waals surface area contributed by atoms with Crippen LogP contribution in [0, 0.1) is 0 Å². The van der Waals surface area contributed by atoms with Crippen LogP contribution in [0.2, 0.25) is 0 Å². The summed E-state index contributed by atoms with van der Waals surface area (Å²) in [5.41, 5.74) is 0.692. The molecule has 0 N–H and O–H groups in total. The maximum atomic E-state index is 12.5. The molecule has 28 heavy (non-hydrogen) atoms. The topological polar surface area (TPSA) is 71.1 Å². The van der Waals surface area contributed by atoms with Gasteiger partial charge in [-0.25, -0.2) is 4.79 Å². The summed E-state index contributed by atoms with van der Waals surface area (Å²) in [4.78, 5) is 24.3. The third-order valence-corrected chi connectivity index (χ3v) is 3.83. The summed E-state index contributed by atoms with van der Waals surface area (Å²) < 4.78 is 21.5. The molecule has 2 aromatic rings. The van der Waals surface area contributed by atoms with Crippen molar-refractivity contribution in [2.45, 2.75) is 26.4 Å². The number of rotatable bonds is 5. The molecule has 1 aliphatic heterocycles. The lowest BCUT2D eigenvalue weighted by atomic mass is 10.1. The first-order chi connectivity index (χ1) is 13.2. The molecular weight excluding hydrogens is 360 g/mol. The number of methoxy groups -OCH3 is 1. The first kappa shape index (κ1) is 19.5. The lowest BCUT2D eigenvalue weighted by Crippen LogP contribution is -2.27. The van der Waals surface area contributed by atoms with Crippen molar-refractivity contribution in [1.82, 2.24) is 0 Å². The molecule has 6 heteroatoms. The van der Waals surface area contributed by atoms with E-state index in [-0.39, 0.29) is 18.1 Å². The van der Waals surface area contributed by atoms with E-state index in [0.717, 1.165) is 11.3 Å². The predicted molar refractivity (Wildman–Crippen MR) is 104 cm³/mol. The highest BCUT2D eigenvalue weighted by Gasteiger charge is 2.28. The van der Waals surface area contributed by atoms with E-state index < -0.39 is 11.6 Å². The minimum atomic E-state index is -0.574. The van der Waals surface area contributed by atoms with Gasteiger partial charge in [0.15, 0.2) is 12.4 Å². The van der Waals surface area contributed by atoms with Crippen molar-refractivity contribution in [1.29, 1.82) is 0 Å². The molecular formula is C22H22O6. The van der Waals surface area contributed by atoms with Gasteiger partial charge in [0.1, 0.15) is 22.8 Å². The quantitative estimate of drug-likeness (QED) is 0.574. The number of hydrogen-bond donors (Lipinski definition) is 0. The van der Waals surface area contributed by atoms with E-state index in [1.165, 1.54) is 0 Å². The largest absolute Gasteiger partial charge is 0.497 e. The zero-order valence-electron chi connectivity index (χ0n) is 16.3. The van der Waals surface area contributed by atoms with Crippen molar-refractivity contribution >= 4 is 17.8 Å². The van der Waals surface area contributed by atoms with Crippen molar-refractivity contribution in [2.24, 2.45) is 0 Å². The Bertz CT molecular complexity index is 919. The average Bonchev–Trinajstić information content (AvgIpc) is 2.94. The van der Waals surface area contributed by atoms with Gasteiger partial charge in [-0.3, -0.25) is 4.79 Å². The Morgan fingerprint density at radius 1 is 1.07 bits per heavy atom. The van der Waals surface area contributed by atoms with Gasteiger partial charge in [0.05, 0.1) is 12.7 Å². The van der Waals surface area contributed by atoms with Gasteiger partial charge in [-0.2, -0.15) is 0 Å². The van der Waals surface area contributed by atoms with Crippen LogP contribution < -0.4 is 14.2 Å². The number of ether oxygens (including phenoxy) is 4. The second-order valence-corrected chi connectivity index (χ2v) is 7.25. The van der Waals surface area contributed by atoms with Crippen LogP contribution in [0.1, 0.15) is 36.7 Å². The molecule has 0 atom stereocenters. The lowest BCUT2D eigenvalue weighted by molar-refractivity contribution is -0.157. The van der Waals surface area contributed by atoms with Gasteiger partial charge in [-0.15, -0.1) is 0 Å². The first-order valence-electron chi connectivity index (χ1n) is 8.82. The zero-order valence-corrected chi connectivity index (χ0v) is 16.3. The highest BCUT2D eigenvalue weighted by molar-refractivity contribution is 6.14. The van der Waals surface area contributed by atoms with Gasteiger partial charge in [0.25, 0.3) is 0 Å². The van der Waals surface area contributed by atoms with Crippen LogP contribution in [0.4, 0.5) is 0 Å². The van der Waals surface area contributed by atoms with Crippen molar-refractivity contribution < 1.29 is 28.5 Å². The molecule has 0 spiro atoms. The number of carbonyl (C=O) groups is 2. The number of ketones is 1. The number of hydrogen-bond acceptors (Lipinski definition) is 6. The summed E-state index contributed by atoms with van der Waals surface area (Å²) in [6.45, 7) is 5.14. The van der Waals surface area contributed by atoms with Crippen LogP contribution in [0.5, 0.6) is 17.2 Å². The SMILES string of the molecule is COc1ccc(C=C2Oc3cc(OCC(=O)OC(C)(C)C)ccc3C2=O)cc1. The molecule has 0 aliphatic carbocycles. The average molecular weight is 382 g/mol. The fraction of sp³-hybridized carbons (Fsp3) is 0.273. The first-order valence-corrected chi connectivity index (χ1v) is 8.82. The van der Waals surface area contributed by atoms with Gasteiger partial charge in [0, 0.05) is 6.07 Å². The van der Waals surface area contributed by atoms with Crippen molar-refractivity contribution in [3.8, 4) is 17.2 Å². The number of allylic oxidation sites excluding steroid dienone is 1. The molecule has 1 heterocycles. The maximum Gasteiger partial charge on any atom is 0.344 e. The van der Waals surface area contributed by atoms with Crippen LogP contribution in [0.15, 0.2) is 48.2 Å². The highest BCUT2D eigenvalue weighted by atomic mass is 16.6. The highest BCUT2D eigenvalue weighted by Crippen LogP contribution is 2.35. The van der Waals surface area contributed by atoms with E-state index in [1.807, 2.05) is 24.3 Å². The smallest absolute Gasteiger partial charge is 0.344 e. The zero-order chi connectivity index (χ0) is 20.3. The standard InChI is InChI=1S/C22H22O6/c1-22(2,3)28-20(23)13-26-16-9-10-17-18(12-16)27-19(21(17)24)11-14-5-7-15(25-4)8-6-14/h5-12H,13H2,1-4H3. The third kappa shape index (κ3) is 4.71. The van der Waals surface area contributed by atoms with E-state index in [0.29, 0.717) is 17.1 Å². The summed E-state index contributed by atoms with van der Waals surface area (Å²) in [5.74, 6) is 1.10. The van der Waals surface area contributed by atoms with E-state index in [2.05, 4.69) is 0 Å². The third-order valence-electron chi connectivity index (χ3n) is 3.83. The number of fused-ring (bicyclic) bond motifs is 1. The van der Waals surface area contributed by atoms with Crippen molar-refractivity contribution in [3.63, 3.8) is 0 Å². The second-order valence-electron chi connectivity index (χ2n) is 7.25. The maximum absolute atomic E-state index is 12.5. The second kappa shape index (κ2) is 7.76. The molecule has 0 fully saturated rings. The Labute approximate surface area is 163 Å². The molecule has 3 rings (SSSR count). The van der Waals surface area contributed by atoms with Gasteiger partial charge in [-0.1, -0.05) is 12.1 Å². The number of Topliss-reactive ketones (excluding diaryl/α,β-unsaturated/α-hetero) is 1. The Kier molecular flexibility index (Phi) is 5.40. The number of esters is 1. The summed E-state index contributed by atoms with van der Waals surface area (Å²) >= 11 is 0. The van der Waals surface area contributed by atoms with Gasteiger partial charge in [0.2, 0.25) is 5.78 Å². The Balaban J connectivity index is 1.69. The molecule has 2 aromatic carbocycles. The molecule has 0 unspecified atom stereocenters. The molecule has 0 radical (unpaired) electrons. The minimum absolute atomic E-state index is 0.204. The molecule has 6 nitrogen and oxygen atoms in total. The summed E-state index contributed by atoms with van der Waals surface area (Å²) in [6, 6.07) is 12.1. The van der Waals surface area contributed by atoms with Crippen molar-refractivity contribution in [2.75, 3.05) is 13.7 Å². The van der Waals surface area contributed by atoms with Crippen LogP contribution in [-0.4, -0.2) is 31.1 Å². The fourth-order valence-electron chi connectivity index (χ4n) is 2.62. The van der Waals surface area contributed by atoms with Crippen LogP contribution in [0.25, 0.3) is 6.08 Å². The molecule has 0 saturated heterocycles. The number of carbonyl (C=O) groups excluding carboxylic acids is 2. The summed E-state index contributed by atoms with van der Waals surface area (Å²) in [6.07, 6.45) is 1.67. The van der Waals surface area contributed by atoms with Crippen LogP contribution in [0.3, 0.4) is 0 Å². The molecule has 0 saturated carbocycles. The van der Waals surface area contributed by atoms with E-state index in [9.17, 15) is 9.59 Å². The predicted octanol–water partition coefficient (Wildman–Crippen LogP) is 4.03. The molecule has 0 amide bonds. The van der Waals surface area contributed by atoms with E-state index in [4.69, 9.17) is 18.9 Å². The minimum Gasteiger partial charge on any atom is -0.497 e. The van der Waals surface area contributed by atoms with Gasteiger partial charge >= 0.3 is 5.97 Å². The van der Waals surface area contributed by atoms with Gasteiger partial charge in [-0.05, 0) is 56.7 Å². The fourth-order valence-corrected chi connectivity index (χ4v) is 2.62. The Morgan fingerprint density at radius 3 is 2.39 bits per heavy atom. The van der Waals surface area contributed by atoms with Crippen LogP contribution in [-0.2, 0) is 9.53 Å². The molecule has 146 valence electrons. The summed E-state index contributed by atoms with van der Waals surface area (Å²) in [7, 11) is 1.59. The monoisotopic (exact) mass is 382 g/mol.